The summed E-state index contributed by atoms with van der Waals surface area (Å²) < 4.78 is 36.9. The molecule has 0 aliphatic rings. The van der Waals surface area contributed by atoms with E-state index >= 15 is 0 Å². The average Bonchev–Trinajstić information content (AvgIpc) is 2.15. The lowest BCUT2D eigenvalue weighted by atomic mass is 9.95. The van der Waals surface area contributed by atoms with Crippen molar-refractivity contribution in [2.75, 3.05) is 0 Å². The van der Waals surface area contributed by atoms with Gasteiger partial charge in [0.05, 0.1) is 11.3 Å². The summed E-state index contributed by atoms with van der Waals surface area (Å²) in [6.45, 7) is 5.65. The normalized spacial score (nSPS) is 13.9. The summed E-state index contributed by atoms with van der Waals surface area (Å²) in [6, 6.07) is 4.60. The second-order valence-electron chi connectivity index (χ2n) is 4.79. The number of halogens is 3. The quantitative estimate of drug-likeness (QED) is 0.593. The fourth-order valence-corrected chi connectivity index (χ4v) is 1.03. The Balaban J connectivity index is 2.97. The fourth-order valence-electron chi connectivity index (χ4n) is 1.03. The van der Waals surface area contributed by atoms with Crippen LogP contribution >= 0.6 is 0 Å². The molecule has 0 aliphatic heterocycles. The molecule has 0 radical (unpaired) electrons. The van der Waals surface area contributed by atoms with Crippen LogP contribution in [-0.2, 0) is 6.18 Å². The van der Waals surface area contributed by atoms with E-state index in [9.17, 15) is 13.2 Å². The second kappa shape index (κ2) is 4.39. The van der Waals surface area contributed by atoms with Crippen molar-refractivity contribution in [2.24, 2.45) is 16.1 Å². The monoisotopic (exact) mass is 244 g/mol. The highest BCUT2D eigenvalue weighted by molar-refractivity contribution is 5.87. The van der Waals surface area contributed by atoms with Gasteiger partial charge in [-0.1, -0.05) is 20.8 Å². The molecule has 1 aromatic carbocycles. The van der Waals surface area contributed by atoms with E-state index in [1.165, 1.54) is 12.1 Å². The summed E-state index contributed by atoms with van der Waals surface area (Å²) in [4.78, 5) is 4.08. The molecule has 17 heavy (non-hydrogen) atoms. The molecule has 94 valence electrons. The molecular formula is C12H15F3N2. The third kappa shape index (κ3) is 3.76. The van der Waals surface area contributed by atoms with E-state index in [0.717, 1.165) is 12.1 Å². The summed E-state index contributed by atoms with van der Waals surface area (Å²) in [6.07, 6.45) is -4.32. The van der Waals surface area contributed by atoms with Crippen molar-refractivity contribution in [2.45, 2.75) is 26.9 Å². The van der Waals surface area contributed by atoms with Crippen molar-refractivity contribution in [3.8, 4) is 0 Å². The highest BCUT2D eigenvalue weighted by Crippen LogP contribution is 2.30. The van der Waals surface area contributed by atoms with Gasteiger partial charge in [-0.25, -0.2) is 4.99 Å². The van der Waals surface area contributed by atoms with Gasteiger partial charge in [-0.3, -0.25) is 0 Å². The lowest BCUT2D eigenvalue weighted by molar-refractivity contribution is -0.137. The molecule has 0 heterocycles. The van der Waals surface area contributed by atoms with E-state index in [4.69, 9.17) is 5.73 Å². The van der Waals surface area contributed by atoms with E-state index in [0.29, 0.717) is 11.5 Å². The number of benzene rings is 1. The standard InChI is InChI=1S/C12H15F3N2/c1-11(2,3)10(16)17-9-6-4-8(5-7-9)12(13,14)15/h4-7H,1-3H3,(H2,16,17). The highest BCUT2D eigenvalue weighted by atomic mass is 19.4. The van der Waals surface area contributed by atoms with Gasteiger partial charge in [0, 0.05) is 5.41 Å². The molecule has 0 spiro atoms. The first-order valence-electron chi connectivity index (χ1n) is 5.12. The molecule has 0 unspecified atom stereocenters. The molecule has 0 aromatic heterocycles. The van der Waals surface area contributed by atoms with Gasteiger partial charge < -0.3 is 5.73 Å². The van der Waals surface area contributed by atoms with Gasteiger partial charge >= 0.3 is 6.18 Å². The number of nitrogens with zero attached hydrogens (tertiary/aromatic N) is 1. The minimum atomic E-state index is -4.32. The molecule has 0 saturated carbocycles. The molecule has 0 bridgehead atoms. The summed E-state index contributed by atoms with van der Waals surface area (Å²) in [5.74, 6) is 0.386. The Morgan fingerprint density at radius 3 is 1.88 bits per heavy atom. The summed E-state index contributed by atoms with van der Waals surface area (Å²) >= 11 is 0. The Morgan fingerprint density at radius 1 is 1.06 bits per heavy atom. The van der Waals surface area contributed by atoms with E-state index in [1.807, 2.05) is 20.8 Å². The van der Waals surface area contributed by atoms with Gasteiger partial charge in [-0.05, 0) is 24.3 Å². The third-order valence-corrected chi connectivity index (χ3v) is 2.21. The van der Waals surface area contributed by atoms with Crippen molar-refractivity contribution in [3.63, 3.8) is 0 Å². The second-order valence-corrected chi connectivity index (χ2v) is 4.79. The van der Waals surface area contributed by atoms with Gasteiger partial charge in [-0.15, -0.1) is 0 Å². The van der Waals surface area contributed by atoms with Crippen LogP contribution in [0.5, 0.6) is 0 Å². The topological polar surface area (TPSA) is 38.4 Å². The maximum Gasteiger partial charge on any atom is 0.416 e. The summed E-state index contributed by atoms with van der Waals surface area (Å²) in [5.41, 5.74) is 5.16. The molecule has 2 nitrogen and oxygen atoms in total. The van der Waals surface area contributed by atoms with Crippen LogP contribution in [-0.4, -0.2) is 5.84 Å². The highest BCUT2D eigenvalue weighted by Gasteiger charge is 2.29. The maximum atomic E-state index is 12.3. The predicted octanol–water partition coefficient (Wildman–Crippen LogP) is 3.74. The van der Waals surface area contributed by atoms with Gasteiger partial charge in [0.15, 0.2) is 0 Å². The summed E-state index contributed by atoms with van der Waals surface area (Å²) in [5, 5.41) is 0. The van der Waals surface area contributed by atoms with E-state index in [2.05, 4.69) is 4.99 Å². The van der Waals surface area contributed by atoms with Crippen LogP contribution < -0.4 is 5.73 Å². The smallest absolute Gasteiger partial charge is 0.387 e. The molecule has 0 saturated heterocycles. The zero-order valence-corrected chi connectivity index (χ0v) is 9.97. The molecule has 5 heteroatoms. The first-order chi connectivity index (χ1) is 7.60. The Morgan fingerprint density at radius 2 is 1.53 bits per heavy atom. The average molecular weight is 244 g/mol. The Bertz CT molecular complexity index is 411. The van der Waals surface area contributed by atoms with Gasteiger partial charge in [0.1, 0.15) is 5.84 Å². The lowest BCUT2D eigenvalue weighted by Gasteiger charge is -2.17. The van der Waals surface area contributed by atoms with Crippen molar-refractivity contribution in [1.29, 1.82) is 0 Å². The minimum absolute atomic E-state index is 0.303. The summed E-state index contributed by atoms with van der Waals surface area (Å²) in [7, 11) is 0. The third-order valence-electron chi connectivity index (χ3n) is 2.21. The molecule has 0 fully saturated rings. The van der Waals surface area contributed by atoms with E-state index < -0.39 is 11.7 Å². The molecule has 0 atom stereocenters. The van der Waals surface area contributed by atoms with Gasteiger partial charge in [0.2, 0.25) is 0 Å². The van der Waals surface area contributed by atoms with Crippen LogP contribution in [0.1, 0.15) is 26.3 Å². The number of alkyl halides is 3. The number of aliphatic imine (C=N–C) groups is 1. The molecule has 1 rings (SSSR count). The molecule has 0 amide bonds. The number of rotatable bonds is 1. The predicted molar refractivity (Wildman–Crippen MR) is 62.2 cm³/mol. The maximum absolute atomic E-state index is 12.3. The van der Waals surface area contributed by atoms with Crippen LogP contribution in [0.2, 0.25) is 0 Å². The van der Waals surface area contributed by atoms with Crippen molar-refractivity contribution >= 4 is 11.5 Å². The van der Waals surface area contributed by atoms with Gasteiger partial charge in [0.25, 0.3) is 0 Å². The van der Waals surface area contributed by atoms with Crippen LogP contribution in [0.3, 0.4) is 0 Å². The first kappa shape index (κ1) is 13.5. The number of amidine groups is 1. The van der Waals surface area contributed by atoms with E-state index in [1.54, 1.807) is 0 Å². The number of hydrogen-bond donors (Lipinski definition) is 1. The minimum Gasteiger partial charge on any atom is -0.387 e. The molecule has 0 aliphatic carbocycles. The van der Waals surface area contributed by atoms with Crippen molar-refractivity contribution in [1.82, 2.24) is 0 Å². The Kier molecular flexibility index (Phi) is 3.50. The van der Waals surface area contributed by atoms with Crippen molar-refractivity contribution in [3.05, 3.63) is 29.8 Å². The Labute approximate surface area is 98.4 Å². The van der Waals surface area contributed by atoms with Crippen LogP contribution in [0, 0.1) is 5.41 Å². The zero-order valence-electron chi connectivity index (χ0n) is 9.97. The van der Waals surface area contributed by atoms with Crippen LogP contribution in [0.25, 0.3) is 0 Å². The Hall–Kier alpha value is -1.52. The molecule has 1 aromatic rings. The van der Waals surface area contributed by atoms with E-state index in [-0.39, 0.29) is 5.41 Å². The largest absolute Gasteiger partial charge is 0.416 e. The van der Waals surface area contributed by atoms with Crippen LogP contribution in [0.15, 0.2) is 29.3 Å². The SMILES string of the molecule is CC(C)(C)C(N)=Nc1ccc(C(F)(F)F)cc1. The van der Waals surface area contributed by atoms with Gasteiger partial charge in [-0.2, -0.15) is 13.2 Å². The van der Waals surface area contributed by atoms with Crippen LogP contribution in [0.4, 0.5) is 18.9 Å². The first-order valence-corrected chi connectivity index (χ1v) is 5.12. The zero-order chi connectivity index (χ0) is 13.3. The molecule has 2 N–H and O–H groups in total. The fraction of sp³-hybridized carbons (Fsp3) is 0.417. The number of nitrogens with two attached hydrogens (primary N) is 1. The van der Waals surface area contributed by atoms with Crippen molar-refractivity contribution < 1.29 is 13.2 Å². The lowest BCUT2D eigenvalue weighted by Crippen LogP contribution is -2.28. The molecular weight excluding hydrogens is 229 g/mol. The number of hydrogen-bond acceptors (Lipinski definition) is 1.